The SMILES string of the molecule is CCN(C(=O)c1cc(C(=O)O)ccn1)C1CCN(c2ccccc2)C1=O. The molecule has 7 nitrogen and oxygen atoms in total. The molecule has 1 unspecified atom stereocenters. The molecule has 1 aliphatic heterocycles. The van der Waals surface area contributed by atoms with Crippen molar-refractivity contribution in [1.82, 2.24) is 9.88 Å². The van der Waals surface area contributed by atoms with Gasteiger partial charge in [-0.1, -0.05) is 18.2 Å². The summed E-state index contributed by atoms with van der Waals surface area (Å²) >= 11 is 0. The summed E-state index contributed by atoms with van der Waals surface area (Å²) in [7, 11) is 0. The predicted molar refractivity (Wildman–Crippen MR) is 95.1 cm³/mol. The van der Waals surface area contributed by atoms with Crippen LogP contribution < -0.4 is 4.90 Å². The zero-order valence-corrected chi connectivity index (χ0v) is 14.3. The Bertz CT molecular complexity index is 838. The number of benzene rings is 1. The maximum absolute atomic E-state index is 12.8. The zero-order valence-electron chi connectivity index (χ0n) is 14.3. The maximum atomic E-state index is 12.8. The molecule has 1 atom stereocenters. The number of pyridine rings is 1. The number of carbonyl (C=O) groups excluding carboxylic acids is 2. The number of carboxylic acids is 1. The Morgan fingerprint density at radius 2 is 2.00 bits per heavy atom. The van der Waals surface area contributed by atoms with Gasteiger partial charge < -0.3 is 14.9 Å². The standard InChI is InChI=1S/C19H19N3O4/c1-2-21(17(23)15-12-13(19(25)26)8-10-20-15)16-9-11-22(18(16)24)14-6-4-3-5-7-14/h3-8,10,12,16H,2,9,11H2,1H3,(H,25,26). The van der Waals surface area contributed by atoms with Crippen LogP contribution in [0.1, 0.15) is 34.2 Å². The van der Waals surface area contributed by atoms with Gasteiger partial charge in [-0.05, 0) is 37.6 Å². The number of amides is 2. The molecule has 3 rings (SSSR count). The molecule has 1 fully saturated rings. The lowest BCUT2D eigenvalue weighted by molar-refractivity contribution is -0.120. The van der Waals surface area contributed by atoms with E-state index >= 15 is 0 Å². The van der Waals surface area contributed by atoms with Crippen molar-refractivity contribution in [1.29, 1.82) is 0 Å². The summed E-state index contributed by atoms with van der Waals surface area (Å²) in [6.07, 6.45) is 1.81. The second-order valence-corrected chi connectivity index (χ2v) is 5.96. The highest BCUT2D eigenvalue weighted by molar-refractivity contribution is 6.03. The van der Waals surface area contributed by atoms with E-state index < -0.39 is 17.9 Å². The Labute approximate surface area is 150 Å². The van der Waals surface area contributed by atoms with Crippen molar-refractivity contribution in [3.63, 3.8) is 0 Å². The molecule has 2 heterocycles. The third kappa shape index (κ3) is 3.28. The van der Waals surface area contributed by atoms with Gasteiger partial charge in [-0.3, -0.25) is 14.6 Å². The molecule has 2 aromatic rings. The lowest BCUT2D eigenvalue weighted by atomic mass is 10.1. The maximum Gasteiger partial charge on any atom is 0.335 e. The zero-order chi connectivity index (χ0) is 18.7. The molecule has 0 spiro atoms. The van der Waals surface area contributed by atoms with Crippen molar-refractivity contribution in [2.24, 2.45) is 0 Å². The fourth-order valence-electron chi connectivity index (χ4n) is 3.15. The average molecular weight is 353 g/mol. The largest absolute Gasteiger partial charge is 0.478 e. The summed E-state index contributed by atoms with van der Waals surface area (Å²) in [5.41, 5.74) is 0.815. The van der Waals surface area contributed by atoms with Gasteiger partial charge in [0, 0.05) is 25.0 Å². The minimum absolute atomic E-state index is 0.0111. The van der Waals surface area contributed by atoms with E-state index in [1.165, 1.54) is 23.2 Å². The molecule has 26 heavy (non-hydrogen) atoms. The topological polar surface area (TPSA) is 90.8 Å². The number of nitrogens with zero attached hydrogens (tertiary/aromatic N) is 3. The van der Waals surface area contributed by atoms with E-state index in [0.717, 1.165) is 5.69 Å². The monoisotopic (exact) mass is 353 g/mol. The molecule has 2 amide bonds. The van der Waals surface area contributed by atoms with E-state index in [2.05, 4.69) is 4.98 Å². The van der Waals surface area contributed by atoms with Crippen LogP contribution in [0.15, 0.2) is 48.7 Å². The minimum atomic E-state index is -1.13. The number of hydrogen-bond acceptors (Lipinski definition) is 4. The number of aromatic carboxylic acids is 1. The number of rotatable bonds is 5. The van der Waals surface area contributed by atoms with Gasteiger partial charge in [0.05, 0.1) is 5.56 Å². The van der Waals surface area contributed by atoms with Crippen molar-refractivity contribution >= 4 is 23.5 Å². The van der Waals surface area contributed by atoms with Crippen LogP contribution in [-0.2, 0) is 4.79 Å². The van der Waals surface area contributed by atoms with E-state index in [1.54, 1.807) is 11.8 Å². The quantitative estimate of drug-likeness (QED) is 0.888. The van der Waals surface area contributed by atoms with Crippen LogP contribution in [0.2, 0.25) is 0 Å². The van der Waals surface area contributed by atoms with Gasteiger partial charge in [0.2, 0.25) is 5.91 Å². The van der Waals surface area contributed by atoms with Gasteiger partial charge in [0.1, 0.15) is 11.7 Å². The summed E-state index contributed by atoms with van der Waals surface area (Å²) in [6.45, 7) is 2.65. The van der Waals surface area contributed by atoms with Crippen molar-refractivity contribution in [2.75, 3.05) is 18.0 Å². The molecule has 1 aromatic carbocycles. The smallest absolute Gasteiger partial charge is 0.335 e. The van der Waals surface area contributed by atoms with Crippen LogP contribution in [0.25, 0.3) is 0 Å². The highest BCUT2D eigenvalue weighted by atomic mass is 16.4. The van der Waals surface area contributed by atoms with Crippen molar-refractivity contribution in [3.8, 4) is 0 Å². The summed E-state index contributed by atoms with van der Waals surface area (Å²) < 4.78 is 0. The average Bonchev–Trinajstić information content (AvgIpc) is 3.04. The molecule has 1 aliphatic rings. The number of carboxylic acid groups (broad SMARTS) is 1. The van der Waals surface area contributed by atoms with Crippen LogP contribution >= 0.6 is 0 Å². The van der Waals surface area contributed by atoms with E-state index in [0.29, 0.717) is 19.5 Å². The van der Waals surface area contributed by atoms with Gasteiger partial charge in [-0.15, -0.1) is 0 Å². The lowest BCUT2D eigenvalue weighted by Crippen LogP contribution is -2.45. The Balaban J connectivity index is 1.83. The second kappa shape index (κ2) is 7.35. The third-order valence-corrected chi connectivity index (χ3v) is 4.45. The van der Waals surface area contributed by atoms with E-state index in [-0.39, 0.29) is 17.2 Å². The van der Waals surface area contributed by atoms with Crippen molar-refractivity contribution < 1.29 is 19.5 Å². The first kappa shape index (κ1) is 17.6. The number of hydrogen-bond donors (Lipinski definition) is 1. The number of anilines is 1. The van der Waals surface area contributed by atoms with Gasteiger partial charge in [0.15, 0.2) is 0 Å². The first-order chi connectivity index (χ1) is 12.5. The number of likely N-dealkylation sites (N-methyl/N-ethyl adjacent to an activating group) is 1. The molecule has 1 aromatic heterocycles. The lowest BCUT2D eigenvalue weighted by Gasteiger charge is -2.26. The summed E-state index contributed by atoms with van der Waals surface area (Å²) in [5.74, 6) is -1.71. The van der Waals surface area contributed by atoms with Crippen molar-refractivity contribution in [2.45, 2.75) is 19.4 Å². The van der Waals surface area contributed by atoms with E-state index in [9.17, 15) is 14.4 Å². The third-order valence-electron chi connectivity index (χ3n) is 4.45. The molecule has 134 valence electrons. The van der Waals surface area contributed by atoms with Gasteiger partial charge in [0.25, 0.3) is 5.91 Å². The Hall–Kier alpha value is -3.22. The van der Waals surface area contributed by atoms with Gasteiger partial charge in [-0.25, -0.2) is 4.79 Å². The molecule has 0 aliphatic carbocycles. The summed E-state index contributed by atoms with van der Waals surface area (Å²) in [5, 5.41) is 9.09. The predicted octanol–water partition coefficient (Wildman–Crippen LogP) is 2.05. The first-order valence-electron chi connectivity index (χ1n) is 8.39. The fraction of sp³-hybridized carbons (Fsp3) is 0.263. The molecular weight excluding hydrogens is 334 g/mol. The van der Waals surface area contributed by atoms with Gasteiger partial charge >= 0.3 is 5.97 Å². The summed E-state index contributed by atoms with van der Waals surface area (Å²) in [6, 6.07) is 11.3. The second-order valence-electron chi connectivity index (χ2n) is 5.96. The molecule has 1 N–H and O–H groups in total. The number of para-hydroxylation sites is 1. The van der Waals surface area contributed by atoms with Crippen molar-refractivity contribution in [3.05, 3.63) is 59.9 Å². The Morgan fingerprint density at radius 1 is 1.27 bits per heavy atom. The molecule has 0 radical (unpaired) electrons. The molecule has 1 saturated heterocycles. The minimum Gasteiger partial charge on any atom is -0.478 e. The van der Waals surface area contributed by atoms with Crippen LogP contribution in [0.5, 0.6) is 0 Å². The molecule has 7 heteroatoms. The van der Waals surface area contributed by atoms with Gasteiger partial charge in [-0.2, -0.15) is 0 Å². The normalized spacial score (nSPS) is 16.6. The van der Waals surface area contributed by atoms with E-state index in [1.807, 2.05) is 30.3 Å². The van der Waals surface area contributed by atoms with Crippen LogP contribution in [0, 0.1) is 0 Å². The highest BCUT2D eigenvalue weighted by Gasteiger charge is 2.38. The Kier molecular flexibility index (Phi) is 4.97. The highest BCUT2D eigenvalue weighted by Crippen LogP contribution is 2.25. The molecule has 0 bridgehead atoms. The van der Waals surface area contributed by atoms with E-state index in [4.69, 9.17) is 5.11 Å². The molecule has 0 saturated carbocycles. The molecular formula is C19H19N3O4. The first-order valence-corrected chi connectivity index (χ1v) is 8.39. The Morgan fingerprint density at radius 3 is 2.65 bits per heavy atom. The number of carbonyl (C=O) groups is 3. The fourth-order valence-corrected chi connectivity index (χ4v) is 3.15. The van der Waals surface area contributed by atoms with Crippen LogP contribution in [0.4, 0.5) is 5.69 Å². The van der Waals surface area contributed by atoms with Crippen LogP contribution in [0.3, 0.4) is 0 Å². The number of aromatic nitrogens is 1. The van der Waals surface area contributed by atoms with Crippen LogP contribution in [-0.4, -0.2) is 51.9 Å². The summed E-state index contributed by atoms with van der Waals surface area (Å²) in [4.78, 5) is 43.9.